The number of nitrogens with two attached hydrogens (primary N) is 2. The van der Waals surface area contributed by atoms with Gasteiger partial charge in [-0.2, -0.15) is 0 Å². The van der Waals surface area contributed by atoms with E-state index in [0.29, 0.717) is 0 Å². The molecule has 0 rings (SSSR count). The first-order valence-electron chi connectivity index (χ1n) is 6.94. The minimum Gasteiger partial charge on any atom is -0.459 e. The molecular weight excluding hydrogens is 290 g/mol. The number of rotatable bonds is 5. The van der Waals surface area contributed by atoms with Crippen LogP contribution in [0.25, 0.3) is 0 Å². The number of aliphatic hydroxyl groups is 1. The van der Waals surface area contributed by atoms with Crippen LogP contribution in [-0.2, 0) is 19.1 Å². The van der Waals surface area contributed by atoms with Crippen LogP contribution in [-0.4, -0.2) is 40.4 Å². The highest BCUT2D eigenvalue weighted by Crippen LogP contribution is 2.20. The minimum absolute atomic E-state index is 0.332. The van der Waals surface area contributed by atoms with Crippen molar-refractivity contribution in [3.8, 4) is 0 Å². The Morgan fingerprint density at radius 3 is 1.64 bits per heavy atom. The molecule has 0 aromatic carbocycles. The lowest BCUT2D eigenvalue weighted by atomic mass is 10.0. The number of carbonyl (C=O) groups excluding carboxylic acids is 2. The SMILES string of the molecule is CC(C)(C)OC(=O)C(CC(O)N=C(N)N)C(=O)OC(C)(C)C. The lowest BCUT2D eigenvalue weighted by Crippen LogP contribution is -2.38. The summed E-state index contributed by atoms with van der Waals surface area (Å²) in [5, 5.41) is 9.72. The normalized spacial score (nSPS) is 13.5. The van der Waals surface area contributed by atoms with Crippen molar-refractivity contribution in [2.45, 2.75) is 65.4 Å². The molecule has 0 aliphatic rings. The molecule has 0 aliphatic carbocycles. The first-order valence-corrected chi connectivity index (χ1v) is 6.94. The fraction of sp³-hybridized carbons (Fsp3) is 0.786. The summed E-state index contributed by atoms with van der Waals surface area (Å²) in [6.07, 6.45) is -1.74. The summed E-state index contributed by atoms with van der Waals surface area (Å²) < 4.78 is 10.4. The minimum atomic E-state index is -1.41. The van der Waals surface area contributed by atoms with Gasteiger partial charge in [0.15, 0.2) is 11.9 Å². The van der Waals surface area contributed by atoms with Crippen LogP contribution in [0, 0.1) is 5.92 Å². The number of hydrogen-bond donors (Lipinski definition) is 3. The highest BCUT2D eigenvalue weighted by atomic mass is 16.6. The number of hydrogen-bond acceptors (Lipinski definition) is 6. The Morgan fingerprint density at radius 1 is 1.00 bits per heavy atom. The third kappa shape index (κ3) is 9.17. The number of guanidine groups is 1. The zero-order valence-corrected chi connectivity index (χ0v) is 14.0. The van der Waals surface area contributed by atoms with E-state index in [-0.39, 0.29) is 12.4 Å². The lowest BCUT2D eigenvalue weighted by molar-refractivity contribution is -0.176. The number of aliphatic hydroxyl groups excluding tert-OH is 1. The lowest BCUT2D eigenvalue weighted by Gasteiger charge is -2.26. The summed E-state index contributed by atoms with van der Waals surface area (Å²) in [5.41, 5.74) is 8.76. The molecule has 1 atom stereocenters. The van der Waals surface area contributed by atoms with Crippen molar-refractivity contribution in [3.63, 3.8) is 0 Å². The second-order valence-electron chi connectivity index (χ2n) is 6.89. The van der Waals surface area contributed by atoms with E-state index in [1.807, 2.05) is 0 Å². The third-order valence-corrected chi connectivity index (χ3v) is 2.13. The molecule has 1 unspecified atom stereocenters. The standard InChI is InChI=1S/C14H27N3O5/c1-13(2,3)21-10(19)8(7-9(18)17-12(15)16)11(20)22-14(4,5)6/h8-9,18H,7H2,1-6H3,(H4,15,16,17). The van der Waals surface area contributed by atoms with Gasteiger partial charge in [0, 0.05) is 6.42 Å². The Hall–Kier alpha value is -1.83. The molecule has 0 fully saturated rings. The van der Waals surface area contributed by atoms with Gasteiger partial charge in [0.2, 0.25) is 0 Å². The molecule has 0 aliphatic heterocycles. The van der Waals surface area contributed by atoms with Gasteiger partial charge < -0.3 is 26.0 Å². The van der Waals surface area contributed by atoms with Crippen molar-refractivity contribution in [2.24, 2.45) is 22.4 Å². The first-order chi connectivity index (χ1) is 9.71. The first kappa shape index (κ1) is 20.2. The van der Waals surface area contributed by atoms with Gasteiger partial charge in [0.1, 0.15) is 17.4 Å². The summed E-state index contributed by atoms with van der Waals surface area (Å²) in [6.45, 7) is 10.0. The Balaban J connectivity index is 5.18. The number of nitrogens with zero attached hydrogens (tertiary/aromatic N) is 1. The van der Waals surface area contributed by atoms with Crippen molar-refractivity contribution >= 4 is 17.9 Å². The Morgan fingerprint density at radius 2 is 1.36 bits per heavy atom. The molecule has 0 aromatic heterocycles. The van der Waals surface area contributed by atoms with Gasteiger partial charge in [-0.25, -0.2) is 4.99 Å². The van der Waals surface area contributed by atoms with E-state index in [0.717, 1.165) is 0 Å². The van der Waals surface area contributed by atoms with Crippen molar-refractivity contribution in [2.75, 3.05) is 0 Å². The largest absolute Gasteiger partial charge is 0.459 e. The molecule has 0 spiro atoms. The van der Waals surface area contributed by atoms with E-state index in [1.165, 1.54) is 0 Å². The molecule has 0 bridgehead atoms. The molecule has 5 N–H and O–H groups in total. The maximum absolute atomic E-state index is 12.2. The number of carbonyl (C=O) groups is 2. The molecule has 8 nitrogen and oxygen atoms in total. The maximum atomic E-state index is 12.2. The second kappa shape index (κ2) is 7.44. The monoisotopic (exact) mass is 317 g/mol. The zero-order valence-electron chi connectivity index (χ0n) is 14.0. The van der Waals surface area contributed by atoms with E-state index in [2.05, 4.69) is 4.99 Å². The molecule has 128 valence electrons. The van der Waals surface area contributed by atoms with E-state index in [1.54, 1.807) is 41.5 Å². The van der Waals surface area contributed by atoms with Gasteiger partial charge >= 0.3 is 11.9 Å². The molecule has 8 heteroatoms. The van der Waals surface area contributed by atoms with Crippen LogP contribution in [0.5, 0.6) is 0 Å². The molecule has 22 heavy (non-hydrogen) atoms. The number of ether oxygens (including phenoxy) is 2. The van der Waals surface area contributed by atoms with Crippen molar-refractivity contribution in [3.05, 3.63) is 0 Å². The van der Waals surface area contributed by atoms with Crippen LogP contribution in [0.2, 0.25) is 0 Å². The van der Waals surface area contributed by atoms with Gasteiger partial charge in [0.25, 0.3) is 0 Å². The van der Waals surface area contributed by atoms with Crippen LogP contribution in [0.4, 0.5) is 0 Å². The molecule has 0 amide bonds. The molecule has 0 aromatic rings. The molecule has 0 radical (unpaired) electrons. The van der Waals surface area contributed by atoms with E-state index in [9.17, 15) is 14.7 Å². The van der Waals surface area contributed by atoms with E-state index in [4.69, 9.17) is 20.9 Å². The predicted molar refractivity (Wildman–Crippen MR) is 81.6 cm³/mol. The summed E-state index contributed by atoms with van der Waals surface area (Å²) in [5.74, 6) is -3.27. The van der Waals surface area contributed by atoms with Crippen LogP contribution in [0.3, 0.4) is 0 Å². The van der Waals surface area contributed by atoms with Crippen LogP contribution >= 0.6 is 0 Å². The molecule has 0 saturated carbocycles. The van der Waals surface area contributed by atoms with Crippen LogP contribution in [0.15, 0.2) is 4.99 Å². The maximum Gasteiger partial charge on any atom is 0.321 e. The average Bonchev–Trinajstić information content (AvgIpc) is 2.19. The van der Waals surface area contributed by atoms with Gasteiger partial charge in [-0.15, -0.1) is 0 Å². The van der Waals surface area contributed by atoms with E-state index < -0.39 is 35.3 Å². The van der Waals surface area contributed by atoms with Gasteiger partial charge in [-0.05, 0) is 41.5 Å². The second-order valence-corrected chi connectivity index (χ2v) is 6.89. The molecule has 0 saturated heterocycles. The summed E-state index contributed by atoms with van der Waals surface area (Å²) >= 11 is 0. The topological polar surface area (TPSA) is 137 Å². The van der Waals surface area contributed by atoms with Crippen molar-refractivity contribution in [1.29, 1.82) is 0 Å². The predicted octanol–water partition coefficient (Wildman–Crippen LogP) is 0.268. The fourth-order valence-corrected chi connectivity index (χ4v) is 1.47. The summed E-state index contributed by atoms with van der Waals surface area (Å²) in [7, 11) is 0. The van der Waals surface area contributed by atoms with Gasteiger partial charge in [0.05, 0.1) is 0 Å². The Bertz CT molecular complexity index is 403. The number of aliphatic imine (C=N–C) groups is 1. The van der Waals surface area contributed by atoms with E-state index >= 15 is 0 Å². The average molecular weight is 317 g/mol. The molecular formula is C14H27N3O5. The van der Waals surface area contributed by atoms with Crippen LogP contribution in [0.1, 0.15) is 48.0 Å². The molecule has 0 heterocycles. The van der Waals surface area contributed by atoms with Gasteiger partial charge in [-0.1, -0.05) is 0 Å². The Labute approximate surface area is 130 Å². The highest BCUT2D eigenvalue weighted by Gasteiger charge is 2.36. The highest BCUT2D eigenvalue weighted by molar-refractivity contribution is 5.95. The summed E-state index contributed by atoms with van der Waals surface area (Å²) in [4.78, 5) is 27.8. The third-order valence-electron chi connectivity index (χ3n) is 2.13. The van der Waals surface area contributed by atoms with Crippen molar-refractivity contribution in [1.82, 2.24) is 0 Å². The van der Waals surface area contributed by atoms with Crippen LogP contribution < -0.4 is 11.5 Å². The zero-order chi connectivity index (χ0) is 17.7. The smallest absolute Gasteiger partial charge is 0.321 e. The van der Waals surface area contributed by atoms with Crippen molar-refractivity contribution < 1.29 is 24.2 Å². The Kier molecular flexibility index (Phi) is 6.82. The fourth-order valence-electron chi connectivity index (χ4n) is 1.47. The number of esters is 2. The quantitative estimate of drug-likeness (QED) is 0.286. The van der Waals surface area contributed by atoms with Gasteiger partial charge in [-0.3, -0.25) is 9.59 Å². The summed E-state index contributed by atoms with van der Waals surface area (Å²) in [6, 6.07) is 0.